The number of amides is 1. The monoisotopic (exact) mass is 515 g/mol. The molecule has 0 radical (unpaired) electrons. The molecule has 0 spiro atoms. The fourth-order valence-corrected chi connectivity index (χ4v) is 4.65. The van der Waals surface area contributed by atoms with Gasteiger partial charge in [-0.15, -0.1) is 0 Å². The van der Waals surface area contributed by atoms with E-state index in [1.807, 2.05) is 19.1 Å². The lowest BCUT2D eigenvalue weighted by Gasteiger charge is -2.24. The highest BCUT2D eigenvalue weighted by molar-refractivity contribution is 6.31. The number of aliphatic carboxylic acids is 1. The fraction of sp³-hybridized carbons (Fsp3) is 0.259. The quantitative estimate of drug-likeness (QED) is 0.388. The van der Waals surface area contributed by atoms with Crippen molar-refractivity contribution >= 4 is 35.1 Å². The number of carboxylic acid groups (broad SMARTS) is 1. The molecule has 0 saturated heterocycles. The number of rotatable bonds is 8. The van der Waals surface area contributed by atoms with Gasteiger partial charge in [-0.3, -0.25) is 9.59 Å². The highest BCUT2D eigenvalue weighted by Gasteiger charge is 2.36. The maximum atomic E-state index is 13.9. The van der Waals surface area contributed by atoms with Crippen LogP contribution in [0.15, 0.2) is 60.7 Å². The predicted octanol–water partition coefficient (Wildman–Crippen LogP) is 6.19. The number of hydrogen-bond donors (Lipinski definition) is 1. The second kappa shape index (κ2) is 10.3. The number of benzene rings is 3. The molecule has 0 bridgehead atoms. The minimum absolute atomic E-state index is 0.0484. The Morgan fingerprint density at radius 1 is 1.09 bits per heavy atom. The first-order valence-electron chi connectivity index (χ1n) is 11.1. The number of carboxylic acids is 1. The molecule has 182 valence electrons. The molecule has 0 saturated carbocycles. The van der Waals surface area contributed by atoms with Crippen molar-refractivity contribution in [3.8, 4) is 5.75 Å². The van der Waals surface area contributed by atoms with Crippen molar-refractivity contribution in [2.45, 2.75) is 38.3 Å². The molecule has 1 N–H and O–H groups in total. The third-order valence-corrected chi connectivity index (χ3v) is 6.67. The van der Waals surface area contributed by atoms with Gasteiger partial charge in [0.1, 0.15) is 17.2 Å². The maximum absolute atomic E-state index is 13.9. The van der Waals surface area contributed by atoms with Crippen LogP contribution >= 0.6 is 23.2 Å². The normalized spacial score (nSPS) is 16.5. The van der Waals surface area contributed by atoms with Crippen LogP contribution < -0.4 is 4.74 Å². The van der Waals surface area contributed by atoms with Crippen molar-refractivity contribution in [1.82, 2.24) is 4.90 Å². The molecule has 35 heavy (non-hydrogen) atoms. The molecule has 1 amide bonds. The molecular formula is C27H24Cl2FNO4. The molecule has 1 heterocycles. The highest BCUT2D eigenvalue weighted by Crippen LogP contribution is 2.38. The third-order valence-electron chi connectivity index (χ3n) is 5.99. The topological polar surface area (TPSA) is 66.8 Å². The summed E-state index contributed by atoms with van der Waals surface area (Å²) in [4.78, 5) is 26.1. The highest BCUT2D eigenvalue weighted by atomic mass is 35.5. The van der Waals surface area contributed by atoms with Gasteiger partial charge in [0.05, 0.1) is 11.4 Å². The molecule has 4 rings (SSSR count). The average Bonchev–Trinajstić information content (AvgIpc) is 3.14. The van der Waals surface area contributed by atoms with Crippen LogP contribution in [-0.2, 0) is 24.2 Å². The molecule has 1 aliphatic rings. The van der Waals surface area contributed by atoms with E-state index in [-0.39, 0.29) is 30.4 Å². The number of nitrogens with zero attached hydrogens (tertiary/aromatic N) is 1. The molecule has 3 aromatic rings. The van der Waals surface area contributed by atoms with E-state index in [0.29, 0.717) is 29.2 Å². The molecule has 1 atom stereocenters. The Bertz CT molecular complexity index is 1280. The predicted molar refractivity (Wildman–Crippen MR) is 133 cm³/mol. The zero-order chi connectivity index (χ0) is 25.2. The summed E-state index contributed by atoms with van der Waals surface area (Å²) < 4.78 is 20.1. The molecule has 5 nitrogen and oxygen atoms in total. The second-order valence-corrected chi connectivity index (χ2v) is 9.75. The van der Waals surface area contributed by atoms with Crippen LogP contribution in [0.25, 0.3) is 0 Å². The zero-order valence-corrected chi connectivity index (χ0v) is 20.6. The summed E-state index contributed by atoms with van der Waals surface area (Å²) in [5.74, 6) is -1.08. The van der Waals surface area contributed by atoms with E-state index in [0.717, 1.165) is 16.7 Å². The van der Waals surface area contributed by atoms with Gasteiger partial charge in [0, 0.05) is 36.5 Å². The van der Waals surface area contributed by atoms with Gasteiger partial charge in [0.2, 0.25) is 0 Å². The summed E-state index contributed by atoms with van der Waals surface area (Å²) >= 11 is 12.1. The first kappa shape index (κ1) is 25.0. The van der Waals surface area contributed by atoms with Crippen LogP contribution in [-0.4, -0.2) is 34.0 Å². The second-order valence-electron chi connectivity index (χ2n) is 8.94. The fourth-order valence-electron chi connectivity index (χ4n) is 4.33. The zero-order valence-electron chi connectivity index (χ0n) is 19.1. The Hall–Kier alpha value is -3.09. The van der Waals surface area contributed by atoms with Crippen LogP contribution in [0.5, 0.6) is 5.75 Å². The molecule has 0 aliphatic carbocycles. The maximum Gasteiger partial charge on any atom is 0.305 e. The standard InChI is InChI=1S/C27H24Cl2FNO4/c1-27(14-17-6-8-22(29)23(30)12-17)15-20-13-18(7-9-24(20)35-27)26(34)31(11-10-25(32)33)16-19-4-2-3-5-21(19)28/h2-9,12-13H,10-11,14-16H2,1H3,(H,32,33)/t27-/m1/s1. The van der Waals surface area contributed by atoms with Gasteiger partial charge in [-0.05, 0) is 60.0 Å². The summed E-state index contributed by atoms with van der Waals surface area (Å²) in [5, 5.41) is 9.74. The van der Waals surface area contributed by atoms with E-state index in [4.69, 9.17) is 33.0 Å². The van der Waals surface area contributed by atoms with Crippen LogP contribution in [0.4, 0.5) is 4.39 Å². The van der Waals surface area contributed by atoms with Gasteiger partial charge in [-0.25, -0.2) is 4.39 Å². The van der Waals surface area contributed by atoms with E-state index in [9.17, 15) is 14.0 Å². The van der Waals surface area contributed by atoms with Crippen molar-refractivity contribution in [2.24, 2.45) is 0 Å². The van der Waals surface area contributed by atoms with Crippen LogP contribution in [0.3, 0.4) is 0 Å². The first-order valence-corrected chi connectivity index (χ1v) is 11.9. The lowest BCUT2D eigenvalue weighted by Crippen LogP contribution is -2.33. The molecule has 8 heteroatoms. The molecule has 0 unspecified atom stereocenters. The van der Waals surface area contributed by atoms with Crippen molar-refractivity contribution < 1.29 is 23.8 Å². The third kappa shape index (κ3) is 5.95. The number of ether oxygens (including phenoxy) is 1. The Morgan fingerprint density at radius 3 is 2.57 bits per heavy atom. The SMILES string of the molecule is C[C@@]1(Cc2ccc(Cl)c(F)c2)Cc2cc(C(=O)N(CCC(=O)O)Cc3ccccc3Cl)ccc2O1. The number of fused-ring (bicyclic) bond motifs is 1. The molecule has 1 aliphatic heterocycles. The summed E-state index contributed by atoms with van der Waals surface area (Å²) in [6.07, 6.45) is 0.823. The lowest BCUT2D eigenvalue weighted by atomic mass is 9.91. The Morgan fingerprint density at radius 2 is 1.86 bits per heavy atom. The summed E-state index contributed by atoms with van der Waals surface area (Å²) in [6, 6.07) is 17.1. The number of hydrogen-bond acceptors (Lipinski definition) is 3. The van der Waals surface area contributed by atoms with Gasteiger partial charge >= 0.3 is 5.97 Å². The van der Waals surface area contributed by atoms with Crippen molar-refractivity contribution in [1.29, 1.82) is 0 Å². The number of halogens is 3. The van der Waals surface area contributed by atoms with E-state index < -0.39 is 17.4 Å². The minimum atomic E-state index is -0.987. The van der Waals surface area contributed by atoms with Crippen molar-refractivity contribution in [3.63, 3.8) is 0 Å². The van der Waals surface area contributed by atoms with Crippen molar-refractivity contribution in [3.05, 3.63) is 98.8 Å². The summed E-state index contributed by atoms with van der Waals surface area (Å²) in [7, 11) is 0. The Kier molecular flexibility index (Phi) is 7.33. The lowest BCUT2D eigenvalue weighted by molar-refractivity contribution is -0.137. The molecule has 0 aromatic heterocycles. The van der Waals surface area contributed by atoms with Gasteiger partial charge in [-0.1, -0.05) is 47.5 Å². The molecule has 3 aromatic carbocycles. The Labute approximate surface area is 213 Å². The van der Waals surface area contributed by atoms with Crippen LogP contribution in [0, 0.1) is 5.82 Å². The van der Waals surface area contributed by atoms with E-state index in [1.54, 1.807) is 36.4 Å². The van der Waals surface area contributed by atoms with Crippen molar-refractivity contribution in [2.75, 3.05) is 6.54 Å². The number of carbonyl (C=O) groups is 2. The van der Waals surface area contributed by atoms with Gasteiger partial charge in [-0.2, -0.15) is 0 Å². The van der Waals surface area contributed by atoms with E-state index in [1.165, 1.54) is 17.0 Å². The molecule has 0 fully saturated rings. The van der Waals surface area contributed by atoms with Gasteiger partial charge < -0.3 is 14.7 Å². The number of carbonyl (C=O) groups excluding carboxylic acids is 1. The molecular weight excluding hydrogens is 492 g/mol. The van der Waals surface area contributed by atoms with Crippen LogP contribution in [0.1, 0.15) is 40.4 Å². The van der Waals surface area contributed by atoms with E-state index in [2.05, 4.69) is 0 Å². The van der Waals surface area contributed by atoms with Gasteiger partial charge in [0.25, 0.3) is 5.91 Å². The average molecular weight is 516 g/mol. The summed E-state index contributed by atoms with van der Waals surface area (Å²) in [6.45, 7) is 2.18. The van der Waals surface area contributed by atoms with Gasteiger partial charge in [0.15, 0.2) is 0 Å². The van der Waals surface area contributed by atoms with Crippen LogP contribution in [0.2, 0.25) is 10.0 Å². The minimum Gasteiger partial charge on any atom is -0.487 e. The van der Waals surface area contributed by atoms with E-state index >= 15 is 0 Å². The smallest absolute Gasteiger partial charge is 0.305 e. The summed E-state index contributed by atoms with van der Waals surface area (Å²) in [5.41, 5.74) is 2.19. The largest absolute Gasteiger partial charge is 0.487 e. The Balaban J connectivity index is 1.53. The first-order chi connectivity index (χ1) is 16.6.